The smallest absolute Gasteiger partial charge is 0.323 e. The number of carbonyl (C=O) groups excluding carboxylic acids is 1. The zero-order valence-corrected chi connectivity index (χ0v) is 9.14. The van der Waals surface area contributed by atoms with Crippen molar-refractivity contribution in [2.24, 2.45) is 11.7 Å². The Bertz CT molecular complexity index is 318. The number of rotatable bonds is 3. The highest BCUT2D eigenvalue weighted by molar-refractivity contribution is 5.97. The standard InChI is InChI=1S/C9H16N4O3/c1-12(5-8(15)16)9(11)13-4-6(3-10)2-7(13)14/h6,11H,2-5,10H2,1H3,(H,15,16). The number of nitrogens with two attached hydrogens (primary N) is 1. The number of nitrogens with one attached hydrogen (secondary N) is 1. The van der Waals surface area contributed by atoms with Gasteiger partial charge in [0, 0.05) is 20.0 Å². The Kier molecular flexibility index (Phi) is 3.83. The second-order valence-corrected chi connectivity index (χ2v) is 3.88. The van der Waals surface area contributed by atoms with Gasteiger partial charge >= 0.3 is 5.97 Å². The number of carboxylic acids is 1. The van der Waals surface area contributed by atoms with E-state index in [9.17, 15) is 9.59 Å². The van der Waals surface area contributed by atoms with Gasteiger partial charge in [0.15, 0.2) is 0 Å². The first-order chi connectivity index (χ1) is 7.45. The molecule has 7 nitrogen and oxygen atoms in total. The van der Waals surface area contributed by atoms with E-state index in [0.29, 0.717) is 19.5 Å². The molecule has 1 fully saturated rings. The minimum Gasteiger partial charge on any atom is -0.480 e. The summed E-state index contributed by atoms with van der Waals surface area (Å²) in [5.74, 6) is -1.22. The van der Waals surface area contributed by atoms with Gasteiger partial charge in [0.05, 0.1) is 0 Å². The lowest BCUT2D eigenvalue weighted by atomic mass is 10.1. The average Bonchev–Trinajstić information content (AvgIpc) is 2.57. The molecule has 1 unspecified atom stereocenters. The molecule has 1 aliphatic rings. The molecule has 0 spiro atoms. The molecule has 0 aliphatic carbocycles. The van der Waals surface area contributed by atoms with Gasteiger partial charge in [-0.25, -0.2) is 0 Å². The topological polar surface area (TPSA) is 111 Å². The van der Waals surface area contributed by atoms with Gasteiger partial charge in [0.2, 0.25) is 11.9 Å². The van der Waals surface area contributed by atoms with Crippen molar-refractivity contribution in [3.63, 3.8) is 0 Å². The van der Waals surface area contributed by atoms with Crippen LogP contribution in [0, 0.1) is 11.3 Å². The predicted molar refractivity (Wildman–Crippen MR) is 56.9 cm³/mol. The molecule has 4 N–H and O–H groups in total. The van der Waals surface area contributed by atoms with E-state index in [0.717, 1.165) is 0 Å². The van der Waals surface area contributed by atoms with Crippen LogP contribution in [-0.4, -0.2) is 59.4 Å². The average molecular weight is 228 g/mol. The van der Waals surface area contributed by atoms with Crippen LogP contribution in [0.3, 0.4) is 0 Å². The van der Waals surface area contributed by atoms with Crippen LogP contribution in [-0.2, 0) is 9.59 Å². The highest BCUT2D eigenvalue weighted by Crippen LogP contribution is 2.17. The highest BCUT2D eigenvalue weighted by atomic mass is 16.4. The number of carboxylic acid groups (broad SMARTS) is 1. The molecule has 7 heteroatoms. The quantitative estimate of drug-likeness (QED) is 0.412. The van der Waals surface area contributed by atoms with E-state index in [4.69, 9.17) is 16.2 Å². The maximum absolute atomic E-state index is 11.5. The maximum atomic E-state index is 11.5. The Morgan fingerprint density at radius 2 is 2.38 bits per heavy atom. The summed E-state index contributed by atoms with van der Waals surface area (Å²) in [6.45, 7) is 0.506. The maximum Gasteiger partial charge on any atom is 0.323 e. The third kappa shape index (κ3) is 2.69. The van der Waals surface area contributed by atoms with Crippen LogP contribution < -0.4 is 5.73 Å². The third-order valence-corrected chi connectivity index (χ3v) is 2.53. The van der Waals surface area contributed by atoms with Crippen molar-refractivity contribution in [1.82, 2.24) is 9.80 Å². The van der Waals surface area contributed by atoms with Crippen LogP contribution in [0.2, 0.25) is 0 Å². The molecule has 1 atom stereocenters. The number of hydrogen-bond donors (Lipinski definition) is 3. The second kappa shape index (κ2) is 4.93. The Morgan fingerprint density at radius 1 is 1.75 bits per heavy atom. The summed E-state index contributed by atoms with van der Waals surface area (Å²) in [6.07, 6.45) is 0.333. The molecule has 1 amide bonds. The molecule has 1 aliphatic heterocycles. The first kappa shape index (κ1) is 12.4. The molecule has 0 aromatic carbocycles. The van der Waals surface area contributed by atoms with E-state index in [1.54, 1.807) is 0 Å². The molecule has 0 radical (unpaired) electrons. The van der Waals surface area contributed by atoms with Crippen molar-refractivity contribution in [2.75, 3.05) is 26.7 Å². The van der Waals surface area contributed by atoms with Crippen molar-refractivity contribution >= 4 is 17.8 Å². The summed E-state index contributed by atoms with van der Waals surface area (Å²) in [5, 5.41) is 16.3. The molecule has 0 saturated carbocycles. The molecular weight excluding hydrogens is 212 g/mol. The van der Waals surface area contributed by atoms with E-state index < -0.39 is 5.97 Å². The fourth-order valence-corrected chi connectivity index (χ4v) is 1.63. The summed E-state index contributed by atoms with van der Waals surface area (Å²) < 4.78 is 0. The number of hydrogen-bond acceptors (Lipinski definition) is 4. The largest absolute Gasteiger partial charge is 0.480 e. The van der Waals surface area contributed by atoms with E-state index in [-0.39, 0.29) is 24.3 Å². The Hall–Kier alpha value is -1.63. The molecule has 1 rings (SSSR count). The van der Waals surface area contributed by atoms with E-state index in [2.05, 4.69) is 0 Å². The Labute approximate surface area is 93.3 Å². The molecule has 0 aromatic rings. The van der Waals surface area contributed by atoms with Gasteiger partial charge in [0.25, 0.3) is 0 Å². The van der Waals surface area contributed by atoms with Gasteiger partial charge in [-0.2, -0.15) is 0 Å². The highest BCUT2D eigenvalue weighted by Gasteiger charge is 2.32. The van der Waals surface area contributed by atoms with Gasteiger partial charge in [0.1, 0.15) is 6.54 Å². The van der Waals surface area contributed by atoms with E-state index in [1.165, 1.54) is 16.8 Å². The normalized spacial score (nSPS) is 20.0. The van der Waals surface area contributed by atoms with Crippen LogP contribution in [0.5, 0.6) is 0 Å². The third-order valence-electron chi connectivity index (χ3n) is 2.53. The van der Waals surface area contributed by atoms with Crippen LogP contribution >= 0.6 is 0 Å². The Morgan fingerprint density at radius 3 is 2.81 bits per heavy atom. The fourth-order valence-electron chi connectivity index (χ4n) is 1.63. The van der Waals surface area contributed by atoms with Crippen molar-refractivity contribution in [2.45, 2.75) is 6.42 Å². The molecule has 1 saturated heterocycles. The van der Waals surface area contributed by atoms with Crippen LogP contribution in [0.15, 0.2) is 0 Å². The lowest BCUT2D eigenvalue weighted by Gasteiger charge is -2.25. The van der Waals surface area contributed by atoms with Gasteiger partial charge in [-0.15, -0.1) is 0 Å². The molecule has 1 heterocycles. The zero-order chi connectivity index (χ0) is 12.3. The number of aliphatic carboxylic acids is 1. The summed E-state index contributed by atoms with van der Waals surface area (Å²) in [7, 11) is 1.47. The van der Waals surface area contributed by atoms with Gasteiger partial charge < -0.3 is 15.7 Å². The van der Waals surface area contributed by atoms with Crippen molar-refractivity contribution in [3.05, 3.63) is 0 Å². The molecule has 0 aromatic heterocycles. The number of likely N-dealkylation sites (tertiary alicyclic amines) is 1. The van der Waals surface area contributed by atoms with Gasteiger partial charge in [-0.05, 0) is 12.5 Å². The number of likely N-dealkylation sites (N-methyl/N-ethyl adjacent to an activating group) is 1. The first-order valence-electron chi connectivity index (χ1n) is 4.97. The van der Waals surface area contributed by atoms with Gasteiger partial charge in [-0.3, -0.25) is 19.9 Å². The molecule has 0 bridgehead atoms. The fraction of sp³-hybridized carbons (Fsp3) is 0.667. The summed E-state index contributed by atoms with van der Waals surface area (Å²) >= 11 is 0. The van der Waals surface area contributed by atoms with E-state index in [1.807, 2.05) is 0 Å². The van der Waals surface area contributed by atoms with Crippen molar-refractivity contribution in [1.29, 1.82) is 5.41 Å². The van der Waals surface area contributed by atoms with Gasteiger partial charge in [-0.1, -0.05) is 0 Å². The van der Waals surface area contributed by atoms with Crippen LogP contribution in [0.25, 0.3) is 0 Å². The molecule has 90 valence electrons. The minimum atomic E-state index is -1.03. The summed E-state index contributed by atoms with van der Waals surface area (Å²) in [4.78, 5) is 24.5. The molecule has 16 heavy (non-hydrogen) atoms. The second-order valence-electron chi connectivity index (χ2n) is 3.88. The number of carbonyl (C=O) groups is 2. The summed E-state index contributed by atoms with van der Waals surface area (Å²) in [5.41, 5.74) is 5.46. The van der Waals surface area contributed by atoms with Crippen LogP contribution in [0.1, 0.15) is 6.42 Å². The SMILES string of the molecule is CN(CC(=O)O)C(=N)N1CC(CN)CC1=O. The van der Waals surface area contributed by atoms with Crippen molar-refractivity contribution in [3.8, 4) is 0 Å². The molecular formula is C9H16N4O3. The lowest BCUT2D eigenvalue weighted by molar-refractivity contribution is -0.137. The predicted octanol–water partition coefficient (Wildman–Crippen LogP) is -1.26. The summed E-state index contributed by atoms with van der Waals surface area (Å²) in [6, 6.07) is 0. The number of nitrogens with zero attached hydrogens (tertiary/aromatic N) is 2. The number of guanidine groups is 1. The lowest BCUT2D eigenvalue weighted by Crippen LogP contribution is -2.44. The monoisotopic (exact) mass is 228 g/mol. The minimum absolute atomic E-state index is 0.0612. The van der Waals surface area contributed by atoms with E-state index >= 15 is 0 Å². The number of amides is 1. The Balaban J connectivity index is 2.60. The first-order valence-corrected chi connectivity index (χ1v) is 4.97. The van der Waals surface area contributed by atoms with Crippen molar-refractivity contribution < 1.29 is 14.7 Å². The van der Waals surface area contributed by atoms with Crippen LogP contribution in [0.4, 0.5) is 0 Å². The zero-order valence-electron chi connectivity index (χ0n) is 9.14.